The van der Waals surface area contributed by atoms with Crippen molar-refractivity contribution in [3.63, 3.8) is 0 Å². The maximum Gasteiger partial charge on any atom is 0.328 e. The molecule has 0 amide bonds. The molecule has 2 fully saturated rings. The highest BCUT2D eigenvalue weighted by molar-refractivity contribution is 5.80. The van der Waals surface area contributed by atoms with Crippen molar-refractivity contribution in [2.24, 2.45) is 11.3 Å². The Kier molecular flexibility index (Phi) is 4.06. The molecule has 1 heterocycles. The molecule has 1 aromatic carbocycles. The summed E-state index contributed by atoms with van der Waals surface area (Å²) in [5.74, 6) is -0.979. The third kappa shape index (κ3) is 2.37. The van der Waals surface area contributed by atoms with Crippen molar-refractivity contribution in [1.29, 1.82) is 0 Å². The van der Waals surface area contributed by atoms with E-state index in [0.717, 1.165) is 18.9 Å². The van der Waals surface area contributed by atoms with E-state index in [1.54, 1.807) is 4.90 Å². The van der Waals surface area contributed by atoms with Crippen LogP contribution in [0.25, 0.3) is 0 Å². The van der Waals surface area contributed by atoms with Crippen LogP contribution in [0.15, 0.2) is 12.1 Å². The Bertz CT molecular complexity index is 695. The SMILES string of the molecule is COC(=O)C12CCCC1CN(c1cc(OC)cc(F)c1[N+](=O)[O-])C2. The van der Waals surface area contributed by atoms with Gasteiger partial charge in [0.2, 0.25) is 5.82 Å². The Hall–Kier alpha value is -2.38. The second kappa shape index (κ2) is 5.92. The molecule has 0 N–H and O–H groups in total. The van der Waals surface area contributed by atoms with Crippen molar-refractivity contribution in [3.05, 3.63) is 28.1 Å². The zero-order chi connectivity index (χ0) is 17.5. The average Bonchev–Trinajstić information content (AvgIpc) is 3.10. The van der Waals surface area contributed by atoms with Crippen LogP contribution in [0, 0.1) is 27.3 Å². The molecule has 3 rings (SSSR count). The average molecular weight is 338 g/mol. The van der Waals surface area contributed by atoms with E-state index < -0.39 is 21.8 Å². The fourth-order valence-corrected chi connectivity index (χ4v) is 4.11. The van der Waals surface area contributed by atoms with Crippen molar-refractivity contribution in [2.75, 3.05) is 32.2 Å². The molecule has 1 aromatic rings. The standard InChI is InChI=1S/C16H19FN2O5/c1-23-11-6-12(17)14(19(21)22)13(7-11)18-8-10-4-3-5-16(10,9-18)15(20)24-2/h6-7,10H,3-5,8-9H2,1-2H3. The van der Waals surface area contributed by atoms with E-state index >= 15 is 0 Å². The molecule has 130 valence electrons. The second-order valence-corrected chi connectivity index (χ2v) is 6.35. The van der Waals surface area contributed by atoms with Crippen LogP contribution in [0.4, 0.5) is 15.8 Å². The van der Waals surface area contributed by atoms with Crippen LogP contribution in [0.2, 0.25) is 0 Å². The van der Waals surface area contributed by atoms with Gasteiger partial charge in [0.15, 0.2) is 0 Å². The van der Waals surface area contributed by atoms with E-state index in [-0.39, 0.29) is 29.9 Å². The first-order valence-corrected chi connectivity index (χ1v) is 7.78. The minimum absolute atomic E-state index is 0.0545. The quantitative estimate of drug-likeness (QED) is 0.477. The normalized spacial score (nSPS) is 25.5. The number of hydrogen-bond acceptors (Lipinski definition) is 6. The first-order valence-electron chi connectivity index (χ1n) is 7.78. The first-order chi connectivity index (χ1) is 11.4. The number of carbonyl (C=O) groups excluding carboxylic acids is 1. The molecule has 1 saturated carbocycles. The molecule has 0 bridgehead atoms. The summed E-state index contributed by atoms with van der Waals surface area (Å²) in [7, 11) is 2.72. The number of carbonyl (C=O) groups is 1. The van der Waals surface area contributed by atoms with Crippen LogP contribution in [0.1, 0.15) is 19.3 Å². The molecule has 0 aromatic heterocycles. The van der Waals surface area contributed by atoms with Gasteiger partial charge in [0.25, 0.3) is 0 Å². The maximum absolute atomic E-state index is 14.2. The van der Waals surface area contributed by atoms with E-state index in [1.807, 2.05) is 0 Å². The lowest BCUT2D eigenvalue weighted by atomic mass is 9.81. The van der Waals surface area contributed by atoms with Crippen molar-refractivity contribution >= 4 is 17.3 Å². The summed E-state index contributed by atoms with van der Waals surface area (Å²) in [5, 5.41) is 11.3. The molecule has 2 unspecified atom stereocenters. The lowest BCUT2D eigenvalue weighted by Crippen LogP contribution is -2.37. The van der Waals surface area contributed by atoms with Crippen molar-refractivity contribution in [1.82, 2.24) is 0 Å². The first kappa shape index (κ1) is 16.5. The van der Waals surface area contributed by atoms with Gasteiger partial charge < -0.3 is 14.4 Å². The topological polar surface area (TPSA) is 81.9 Å². The highest BCUT2D eigenvalue weighted by atomic mass is 19.1. The number of benzene rings is 1. The Morgan fingerprint density at radius 2 is 2.21 bits per heavy atom. The number of hydrogen-bond donors (Lipinski definition) is 0. The minimum Gasteiger partial charge on any atom is -0.497 e. The monoisotopic (exact) mass is 338 g/mol. The molecule has 24 heavy (non-hydrogen) atoms. The van der Waals surface area contributed by atoms with Gasteiger partial charge in [-0.2, -0.15) is 4.39 Å². The molecule has 1 aliphatic carbocycles. The molecular formula is C16H19FN2O5. The molecule has 1 saturated heterocycles. The number of methoxy groups -OCH3 is 2. The molecule has 2 aliphatic rings. The van der Waals surface area contributed by atoms with Crippen LogP contribution in [-0.4, -0.2) is 38.2 Å². The molecule has 0 radical (unpaired) electrons. The summed E-state index contributed by atoms with van der Waals surface area (Å²) in [6, 6.07) is 2.45. The molecular weight excluding hydrogens is 319 g/mol. The minimum atomic E-state index is -0.946. The van der Waals surface area contributed by atoms with Gasteiger partial charge in [0.1, 0.15) is 11.4 Å². The van der Waals surface area contributed by atoms with E-state index in [4.69, 9.17) is 9.47 Å². The van der Waals surface area contributed by atoms with E-state index in [1.165, 1.54) is 20.3 Å². The Morgan fingerprint density at radius 3 is 2.83 bits per heavy atom. The van der Waals surface area contributed by atoms with Crippen molar-refractivity contribution in [3.8, 4) is 5.75 Å². The number of nitrogens with zero attached hydrogens (tertiary/aromatic N) is 2. The lowest BCUT2D eigenvalue weighted by molar-refractivity contribution is -0.386. The third-order valence-electron chi connectivity index (χ3n) is 5.24. The maximum atomic E-state index is 14.2. The number of fused-ring (bicyclic) bond motifs is 1. The zero-order valence-electron chi connectivity index (χ0n) is 13.6. The summed E-state index contributed by atoms with van der Waals surface area (Å²) in [4.78, 5) is 24.6. The highest BCUT2D eigenvalue weighted by Crippen LogP contribution is 2.51. The predicted octanol–water partition coefficient (Wildman–Crippen LogP) is 2.52. The summed E-state index contributed by atoms with van der Waals surface area (Å²) in [5.41, 5.74) is -1.10. The third-order valence-corrected chi connectivity index (χ3v) is 5.24. The number of rotatable bonds is 4. The Balaban J connectivity index is 2.03. The van der Waals surface area contributed by atoms with E-state index in [9.17, 15) is 19.3 Å². The van der Waals surface area contributed by atoms with E-state index in [0.29, 0.717) is 13.0 Å². The summed E-state index contributed by atoms with van der Waals surface area (Å²) >= 11 is 0. The van der Waals surface area contributed by atoms with Crippen LogP contribution in [0.3, 0.4) is 0 Å². The van der Waals surface area contributed by atoms with Crippen LogP contribution >= 0.6 is 0 Å². The van der Waals surface area contributed by atoms with Gasteiger partial charge in [-0.25, -0.2) is 0 Å². The molecule has 2 atom stereocenters. The molecule has 0 spiro atoms. The van der Waals surface area contributed by atoms with Gasteiger partial charge in [-0.3, -0.25) is 14.9 Å². The largest absolute Gasteiger partial charge is 0.497 e. The number of halogens is 1. The van der Waals surface area contributed by atoms with Gasteiger partial charge in [-0.15, -0.1) is 0 Å². The summed E-state index contributed by atoms with van der Waals surface area (Å²) in [6.07, 6.45) is 2.45. The number of nitro benzene ring substituents is 1. The van der Waals surface area contributed by atoms with Crippen LogP contribution < -0.4 is 9.64 Å². The number of esters is 1. The van der Waals surface area contributed by atoms with Gasteiger partial charge in [-0.05, 0) is 18.8 Å². The smallest absolute Gasteiger partial charge is 0.328 e. The van der Waals surface area contributed by atoms with Crippen molar-refractivity contribution < 1.29 is 23.6 Å². The van der Waals surface area contributed by atoms with Crippen LogP contribution in [0.5, 0.6) is 5.75 Å². The van der Waals surface area contributed by atoms with Crippen LogP contribution in [-0.2, 0) is 9.53 Å². The van der Waals surface area contributed by atoms with Gasteiger partial charge in [0, 0.05) is 25.2 Å². The van der Waals surface area contributed by atoms with E-state index in [2.05, 4.69) is 0 Å². The Labute approximate surface area is 138 Å². The zero-order valence-corrected chi connectivity index (χ0v) is 13.6. The van der Waals surface area contributed by atoms with Gasteiger partial charge >= 0.3 is 11.7 Å². The number of nitro groups is 1. The fraction of sp³-hybridized carbons (Fsp3) is 0.562. The number of anilines is 1. The molecule has 8 heteroatoms. The fourth-order valence-electron chi connectivity index (χ4n) is 4.11. The second-order valence-electron chi connectivity index (χ2n) is 6.35. The molecule has 7 nitrogen and oxygen atoms in total. The molecule has 1 aliphatic heterocycles. The predicted molar refractivity (Wildman–Crippen MR) is 83.6 cm³/mol. The van der Waals surface area contributed by atoms with Gasteiger partial charge in [-0.1, -0.05) is 6.42 Å². The van der Waals surface area contributed by atoms with Gasteiger partial charge in [0.05, 0.1) is 24.6 Å². The number of ether oxygens (including phenoxy) is 2. The van der Waals surface area contributed by atoms with Crippen molar-refractivity contribution in [2.45, 2.75) is 19.3 Å². The summed E-state index contributed by atoms with van der Waals surface area (Å²) in [6.45, 7) is 0.750. The highest BCUT2D eigenvalue weighted by Gasteiger charge is 2.56. The Morgan fingerprint density at radius 1 is 1.46 bits per heavy atom. The lowest BCUT2D eigenvalue weighted by Gasteiger charge is -2.26. The summed E-state index contributed by atoms with van der Waals surface area (Å²) < 4.78 is 24.2.